The van der Waals surface area contributed by atoms with Crippen LogP contribution >= 0.6 is 0 Å². The second-order valence-electron chi connectivity index (χ2n) is 5.65. The molecule has 1 unspecified atom stereocenters. The second kappa shape index (κ2) is 6.29. The van der Waals surface area contributed by atoms with Crippen molar-refractivity contribution in [2.45, 2.75) is 32.5 Å². The van der Waals surface area contributed by atoms with Crippen LogP contribution < -0.4 is 4.74 Å². The number of aryl methyl sites for hydroxylation is 1. The van der Waals surface area contributed by atoms with Crippen molar-refractivity contribution in [2.75, 3.05) is 6.61 Å². The van der Waals surface area contributed by atoms with Crippen molar-refractivity contribution >= 4 is 0 Å². The fraction of sp³-hybridized carbons (Fsp3) is 0.333. The van der Waals surface area contributed by atoms with Crippen LogP contribution in [0.2, 0.25) is 0 Å². The van der Waals surface area contributed by atoms with Gasteiger partial charge in [0.25, 0.3) is 0 Å². The van der Waals surface area contributed by atoms with E-state index in [1.54, 1.807) is 13.8 Å². The highest BCUT2D eigenvalue weighted by Crippen LogP contribution is 2.28. The van der Waals surface area contributed by atoms with E-state index in [9.17, 15) is 10.2 Å². The minimum Gasteiger partial charge on any atom is -0.490 e. The highest BCUT2D eigenvalue weighted by atomic mass is 16.5. The van der Waals surface area contributed by atoms with Crippen LogP contribution in [0.5, 0.6) is 5.75 Å². The first-order chi connectivity index (χ1) is 9.90. The topological polar surface area (TPSA) is 49.7 Å². The number of hydrogen-bond donors (Lipinski definition) is 2. The first-order valence-electron chi connectivity index (χ1n) is 7.09. The summed E-state index contributed by atoms with van der Waals surface area (Å²) in [6.07, 6.45) is -0.609. The van der Waals surface area contributed by atoms with E-state index in [0.717, 1.165) is 16.7 Å². The molecule has 2 N–H and O–H groups in total. The fourth-order valence-electron chi connectivity index (χ4n) is 2.21. The molecule has 2 aromatic carbocycles. The molecule has 3 heteroatoms. The Bertz CT molecular complexity index is 589. The standard InChI is InChI=1S/C18H22O3/c1-13-9-10-16(14(2)19)17(11-13)21-12-18(3,20)15-7-5-4-6-8-15/h4-11,14,19-20H,12H2,1-3H3/t14-,18?/m0/s1. The van der Waals surface area contributed by atoms with Gasteiger partial charge in [0, 0.05) is 5.56 Å². The maximum Gasteiger partial charge on any atom is 0.125 e. The zero-order chi connectivity index (χ0) is 15.5. The van der Waals surface area contributed by atoms with Crippen molar-refractivity contribution in [3.63, 3.8) is 0 Å². The molecule has 0 fully saturated rings. The van der Waals surface area contributed by atoms with Crippen molar-refractivity contribution in [3.8, 4) is 5.75 Å². The van der Waals surface area contributed by atoms with Gasteiger partial charge < -0.3 is 14.9 Å². The van der Waals surface area contributed by atoms with Crippen LogP contribution in [0.1, 0.15) is 36.6 Å². The van der Waals surface area contributed by atoms with Crippen LogP contribution in [0, 0.1) is 6.92 Å². The molecular formula is C18H22O3. The lowest BCUT2D eigenvalue weighted by Crippen LogP contribution is -2.29. The van der Waals surface area contributed by atoms with E-state index >= 15 is 0 Å². The first-order valence-corrected chi connectivity index (χ1v) is 7.09. The van der Waals surface area contributed by atoms with Crippen molar-refractivity contribution in [2.24, 2.45) is 0 Å². The van der Waals surface area contributed by atoms with Crippen LogP contribution in [0.4, 0.5) is 0 Å². The quantitative estimate of drug-likeness (QED) is 0.886. The molecule has 112 valence electrons. The predicted octanol–water partition coefficient (Wildman–Crippen LogP) is 3.33. The molecule has 3 nitrogen and oxygen atoms in total. The molecule has 0 bridgehead atoms. The lowest BCUT2D eigenvalue weighted by Gasteiger charge is -2.25. The van der Waals surface area contributed by atoms with Gasteiger partial charge >= 0.3 is 0 Å². The van der Waals surface area contributed by atoms with E-state index < -0.39 is 11.7 Å². The van der Waals surface area contributed by atoms with Crippen LogP contribution in [-0.4, -0.2) is 16.8 Å². The number of hydrogen-bond acceptors (Lipinski definition) is 3. The van der Waals surface area contributed by atoms with E-state index in [0.29, 0.717) is 5.75 Å². The Morgan fingerprint density at radius 1 is 1.14 bits per heavy atom. The van der Waals surface area contributed by atoms with Gasteiger partial charge in [0.2, 0.25) is 0 Å². The molecule has 0 aromatic heterocycles. The molecular weight excluding hydrogens is 264 g/mol. The highest BCUT2D eigenvalue weighted by Gasteiger charge is 2.24. The third kappa shape index (κ3) is 3.84. The number of ether oxygens (including phenoxy) is 1. The molecule has 0 spiro atoms. The number of benzene rings is 2. The van der Waals surface area contributed by atoms with Gasteiger partial charge in [0.15, 0.2) is 0 Å². The van der Waals surface area contributed by atoms with Gasteiger partial charge in [0.05, 0.1) is 6.10 Å². The monoisotopic (exact) mass is 286 g/mol. The van der Waals surface area contributed by atoms with Gasteiger partial charge in [-0.1, -0.05) is 42.5 Å². The van der Waals surface area contributed by atoms with Crippen LogP contribution in [-0.2, 0) is 5.60 Å². The normalized spacial score (nSPS) is 15.3. The smallest absolute Gasteiger partial charge is 0.125 e. The van der Waals surface area contributed by atoms with Crippen molar-refractivity contribution in [3.05, 3.63) is 65.2 Å². The Morgan fingerprint density at radius 2 is 1.81 bits per heavy atom. The molecule has 2 aromatic rings. The summed E-state index contributed by atoms with van der Waals surface area (Å²) in [6, 6.07) is 15.1. The summed E-state index contributed by atoms with van der Waals surface area (Å²) in [7, 11) is 0. The van der Waals surface area contributed by atoms with Gasteiger partial charge in [-0.05, 0) is 38.0 Å². The van der Waals surface area contributed by atoms with Crippen molar-refractivity contribution in [1.29, 1.82) is 0 Å². The van der Waals surface area contributed by atoms with Gasteiger partial charge in [-0.3, -0.25) is 0 Å². The van der Waals surface area contributed by atoms with E-state index in [2.05, 4.69) is 0 Å². The summed E-state index contributed by atoms with van der Waals surface area (Å²) in [6.45, 7) is 5.52. The maximum atomic E-state index is 10.6. The van der Waals surface area contributed by atoms with E-state index in [1.165, 1.54) is 0 Å². The Balaban J connectivity index is 2.18. The van der Waals surface area contributed by atoms with Crippen LogP contribution in [0.15, 0.2) is 48.5 Å². The highest BCUT2D eigenvalue weighted by molar-refractivity contribution is 5.38. The van der Waals surface area contributed by atoms with Gasteiger partial charge in [-0.2, -0.15) is 0 Å². The van der Waals surface area contributed by atoms with E-state index in [1.807, 2.05) is 55.5 Å². The van der Waals surface area contributed by atoms with E-state index in [4.69, 9.17) is 4.74 Å². The molecule has 2 atom stereocenters. The molecule has 0 aliphatic carbocycles. The molecule has 0 amide bonds. The fourth-order valence-corrected chi connectivity index (χ4v) is 2.21. The molecule has 0 aliphatic heterocycles. The van der Waals surface area contributed by atoms with Crippen molar-refractivity contribution < 1.29 is 14.9 Å². The first kappa shape index (κ1) is 15.5. The summed E-state index contributed by atoms with van der Waals surface area (Å²) in [5, 5.41) is 20.4. The molecule has 0 heterocycles. The summed E-state index contributed by atoms with van der Waals surface area (Å²) in [4.78, 5) is 0. The Hall–Kier alpha value is -1.84. The minimum atomic E-state index is -1.08. The largest absolute Gasteiger partial charge is 0.490 e. The third-order valence-corrected chi connectivity index (χ3v) is 3.52. The lowest BCUT2D eigenvalue weighted by molar-refractivity contribution is 0.00655. The Labute approximate surface area is 125 Å². The van der Waals surface area contributed by atoms with Crippen LogP contribution in [0.3, 0.4) is 0 Å². The average Bonchev–Trinajstić information content (AvgIpc) is 2.46. The summed E-state index contributed by atoms with van der Waals surface area (Å²) in [5.41, 5.74) is 1.50. The minimum absolute atomic E-state index is 0.125. The zero-order valence-electron chi connectivity index (χ0n) is 12.7. The molecule has 0 radical (unpaired) electrons. The maximum absolute atomic E-state index is 10.6. The third-order valence-electron chi connectivity index (χ3n) is 3.52. The number of aliphatic hydroxyl groups is 2. The Morgan fingerprint density at radius 3 is 2.43 bits per heavy atom. The molecule has 0 aliphatic rings. The Kier molecular flexibility index (Phi) is 4.66. The predicted molar refractivity (Wildman–Crippen MR) is 83.3 cm³/mol. The molecule has 0 saturated carbocycles. The van der Waals surface area contributed by atoms with Crippen LogP contribution in [0.25, 0.3) is 0 Å². The summed E-state index contributed by atoms with van der Waals surface area (Å²) < 4.78 is 5.79. The summed E-state index contributed by atoms with van der Waals surface area (Å²) >= 11 is 0. The average molecular weight is 286 g/mol. The van der Waals surface area contributed by atoms with Gasteiger partial charge in [0.1, 0.15) is 18.0 Å². The number of rotatable bonds is 5. The lowest BCUT2D eigenvalue weighted by atomic mass is 9.97. The zero-order valence-corrected chi connectivity index (χ0v) is 12.7. The second-order valence-corrected chi connectivity index (χ2v) is 5.65. The van der Waals surface area contributed by atoms with E-state index in [-0.39, 0.29) is 6.61 Å². The van der Waals surface area contributed by atoms with Gasteiger partial charge in [-0.15, -0.1) is 0 Å². The van der Waals surface area contributed by atoms with Gasteiger partial charge in [-0.25, -0.2) is 0 Å². The molecule has 0 saturated heterocycles. The number of aliphatic hydroxyl groups excluding tert-OH is 1. The molecule has 2 rings (SSSR count). The molecule has 21 heavy (non-hydrogen) atoms. The van der Waals surface area contributed by atoms with Crippen molar-refractivity contribution in [1.82, 2.24) is 0 Å². The summed E-state index contributed by atoms with van der Waals surface area (Å²) in [5.74, 6) is 0.612. The SMILES string of the molecule is Cc1ccc([C@H](C)O)c(OCC(C)(O)c2ccccc2)c1.